The number of aromatic nitrogens is 1. The van der Waals surface area contributed by atoms with E-state index in [4.69, 9.17) is 10.00 Å². The fraction of sp³-hybridized carbons (Fsp3) is 0.0769. The molecule has 0 saturated carbocycles. The van der Waals surface area contributed by atoms with E-state index in [-0.39, 0.29) is 0 Å². The van der Waals surface area contributed by atoms with Crippen molar-refractivity contribution in [2.24, 2.45) is 0 Å². The number of pyridine rings is 1. The lowest BCUT2D eigenvalue weighted by atomic mass is 10.0. The van der Waals surface area contributed by atoms with Gasteiger partial charge in [-0.2, -0.15) is 5.26 Å². The Morgan fingerprint density at radius 1 is 1.31 bits per heavy atom. The van der Waals surface area contributed by atoms with Gasteiger partial charge < -0.3 is 4.74 Å². The molecule has 0 fully saturated rings. The molecule has 0 aliphatic rings. The summed E-state index contributed by atoms with van der Waals surface area (Å²) in [5.74, 6) is 0.706. The van der Waals surface area contributed by atoms with E-state index in [0.717, 1.165) is 11.1 Å². The Balaban J connectivity index is 2.54. The van der Waals surface area contributed by atoms with Crippen LogP contribution in [0.1, 0.15) is 5.56 Å². The molecule has 0 amide bonds. The monoisotopic (exact) mass is 210 g/mol. The van der Waals surface area contributed by atoms with Crippen LogP contribution in [-0.2, 0) is 0 Å². The first-order chi connectivity index (χ1) is 7.85. The van der Waals surface area contributed by atoms with Gasteiger partial charge in [0.15, 0.2) is 0 Å². The standard InChI is InChI=1S/C13H10N2O/c1-16-13-9-15-6-5-12(13)11-4-2-3-10(7-11)8-14/h2-7,9H,1H3. The lowest BCUT2D eigenvalue weighted by molar-refractivity contribution is 0.414. The minimum atomic E-state index is 0.636. The molecule has 0 aliphatic heterocycles. The van der Waals surface area contributed by atoms with Crippen molar-refractivity contribution in [1.82, 2.24) is 4.98 Å². The summed E-state index contributed by atoms with van der Waals surface area (Å²) in [5, 5.41) is 8.84. The van der Waals surface area contributed by atoms with Crippen LogP contribution in [0, 0.1) is 11.3 Å². The van der Waals surface area contributed by atoms with Crippen LogP contribution in [0.5, 0.6) is 5.75 Å². The second kappa shape index (κ2) is 4.45. The van der Waals surface area contributed by atoms with E-state index in [1.165, 1.54) is 0 Å². The van der Waals surface area contributed by atoms with Gasteiger partial charge in [0.1, 0.15) is 5.75 Å². The molecule has 2 rings (SSSR count). The summed E-state index contributed by atoms with van der Waals surface area (Å²) in [7, 11) is 1.61. The predicted octanol–water partition coefficient (Wildman–Crippen LogP) is 2.63. The number of methoxy groups -OCH3 is 1. The van der Waals surface area contributed by atoms with E-state index in [9.17, 15) is 0 Å². The van der Waals surface area contributed by atoms with Gasteiger partial charge in [-0.25, -0.2) is 0 Å². The molecule has 78 valence electrons. The highest BCUT2D eigenvalue weighted by Crippen LogP contribution is 2.28. The summed E-state index contributed by atoms with van der Waals surface area (Å²) < 4.78 is 5.23. The highest BCUT2D eigenvalue weighted by molar-refractivity contribution is 5.70. The average Bonchev–Trinajstić information content (AvgIpc) is 2.38. The highest BCUT2D eigenvalue weighted by Gasteiger charge is 2.05. The molecule has 0 N–H and O–H groups in total. The minimum Gasteiger partial charge on any atom is -0.494 e. The Kier molecular flexibility index (Phi) is 2.84. The summed E-state index contributed by atoms with van der Waals surface area (Å²) in [6, 6.07) is 11.4. The predicted molar refractivity (Wildman–Crippen MR) is 60.9 cm³/mol. The average molecular weight is 210 g/mol. The quantitative estimate of drug-likeness (QED) is 0.765. The first-order valence-electron chi connectivity index (χ1n) is 4.83. The second-order valence-electron chi connectivity index (χ2n) is 3.27. The van der Waals surface area contributed by atoms with Gasteiger partial charge in [0.2, 0.25) is 0 Å². The molecule has 1 aromatic heterocycles. The molecule has 0 bridgehead atoms. The molecule has 3 heteroatoms. The van der Waals surface area contributed by atoms with E-state index in [2.05, 4.69) is 11.1 Å². The maximum absolute atomic E-state index is 8.84. The summed E-state index contributed by atoms with van der Waals surface area (Å²) in [4.78, 5) is 3.99. The van der Waals surface area contributed by atoms with Crippen molar-refractivity contribution in [2.45, 2.75) is 0 Å². The molecule has 3 nitrogen and oxygen atoms in total. The number of benzene rings is 1. The zero-order chi connectivity index (χ0) is 11.4. The van der Waals surface area contributed by atoms with Crippen molar-refractivity contribution < 1.29 is 4.74 Å². The lowest BCUT2D eigenvalue weighted by Crippen LogP contribution is -1.89. The van der Waals surface area contributed by atoms with Gasteiger partial charge >= 0.3 is 0 Å². The van der Waals surface area contributed by atoms with E-state index >= 15 is 0 Å². The van der Waals surface area contributed by atoms with E-state index in [1.807, 2.05) is 24.3 Å². The number of ether oxygens (including phenoxy) is 1. The van der Waals surface area contributed by atoms with Gasteiger partial charge in [-0.3, -0.25) is 4.98 Å². The molecule has 1 heterocycles. The first-order valence-corrected chi connectivity index (χ1v) is 4.83. The van der Waals surface area contributed by atoms with Gasteiger partial charge in [0.05, 0.1) is 24.9 Å². The Bertz CT molecular complexity index is 544. The van der Waals surface area contributed by atoms with Crippen molar-refractivity contribution in [3.05, 3.63) is 48.3 Å². The fourth-order valence-corrected chi connectivity index (χ4v) is 1.54. The van der Waals surface area contributed by atoms with Crippen LogP contribution in [0.3, 0.4) is 0 Å². The molecule has 0 radical (unpaired) electrons. The maximum Gasteiger partial charge on any atom is 0.144 e. The van der Waals surface area contributed by atoms with E-state index in [0.29, 0.717) is 11.3 Å². The molecule has 0 saturated heterocycles. The van der Waals surface area contributed by atoms with Crippen LogP contribution in [-0.4, -0.2) is 12.1 Å². The molecule has 16 heavy (non-hydrogen) atoms. The van der Waals surface area contributed by atoms with Crippen LogP contribution in [0.4, 0.5) is 0 Å². The van der Waals surface area contributed by atoms with Crippen molar-refractivity contribution in [3.63, 3.8) is 0 Å². The summed E-state index contributed by atoms with van der Waals surface area (Å²) in [6.07, 6.45) is 3.37. The Hall–Kier alpha value is -2.34. The summed E-state index contributed by atoms with van der Waals surface area (Å²) >= 11 is 0. The summed E-state index contributed by atoms with van der Waals surface area (Å²) in [5.41, 5.74) is 2.53. The van der Waals surface area contributed by atoms with E-state index < -0.39 is 0 Å². The normalized spacial score (nSPS) is 9.50. The zero-order valence-corrected chi connectivity index (χ0v) is 8.84. The minimum absolute atomic E-state index is 0.636. The molecule has 0 unspecified atom stereocenters. The SMILES string of the molecule is COc1cnccc1-c1cccc(C#N)c1. The van der Waals surface area contributed by atoms with Crippen LogP contribution in [0.2, 0.25) is 0 Å². The smallest absolute Gasteiger partial charge is 0.144 e. The van der Waals surface area contributed by atoms with Crippen molar-refractivity contribution >= 4 is 0 Å². The third-order valence-electron chi connectivity index (χ3n) is 2.31. The van der Waals surface area contributed by atoms with Crippen LogP contribution >= 0.6 is 0 Å². The number of hydrogen-bond donors (Lipinski definition) is 0. The fourth-order valence-electron chi connectivity index (χ4n) is 1.54. The van der Waals surface area contributed by atoms with Gasteiger partial charge in [0.25, 0.3) is 0 Å². The molecular formula is C13H10N2O. The van der Waals surface area contributed by atoms with Crippen LogP contribution < -0.4 is 4.74 Å². The number of rotatable bonds is 2. The maximum atomic E-state index is 8.84. The van der Waals surface area contributed by atoms with Gasteiger partial charge in [-0.1, -0.05) is 12.1 Å². The molecular weight excluding hydrogens is 200 g/mol. The van der Waals surface area contributed by atoms with Crippen LogP contribution in [0.25, 0.3) is 11.1 Å². The van der Waals surface area contributed by atoms with Crippen molar-refractivity contribution in [2.75, 3.05) is 7.11 Å². The third kappa shape index (κ3) is 1.86. The lowest BCUT2D eigenvalue weighted by Gasteiger charge is -2.07. The molecule has 0 atom stereocenters. The Labute approximate surface area is 93.9 Å². The number of nitrogens with zero attached hydrogens (tertiary/aromatic N) is 2. The number of hydrogen-bond acceptors (Lipinski definition) is 3. The Morgan fingerprint density at radius 3 is 2.94 bits per heavy atom. The highest BCUT2D eigenvalue weighted by atomic mass is 16.5. The second-order valence-corrected chi connectivity index (χ2v) is 3.27. The first kappa shape index (κ1) is 10.2. The van der Waals surface area contributed by atoms with Gasteiger partial charge in [-0.15, -0.1) is 0 Å². The molecule has 2 aromatic rings. The topological polar surface area (TPSA) is 45.9 Å². The molecule has 0 aliphatic carbocycles. The third-order valence-corrected chi connectivity index (χ3v) is 2.31. The summed E-state index contributed by atoms with van der Waals surface area (Å²) in [6.45, 7) is 0. The van der Waals surface area contributed by atoms with E-state index in [1.54, 1.807) is 25.6 Å². The van der Waals surface area contributed by atoms with Crippen LogP contribution in [0.15, 0.2) is 42.7 Å². The van der Waals surface area contributed by atoms with Crippen molar-refractivity contribution in [1.29, 1.82) is 5.26 Å². The van der Waals surface area contributed by atoms with Crippen molar-refractivity contribution in [3.8, 4) is 22.9 Å². The zero-order valence-electron chi connectivity index (χ0n) is 8.84. The van der Waals surface area contributed by atoms with Gasteiger partial charge in [-0.05, 0) is 23.8 Å². The Morgan fingerprint density at radius 2 is 2.19 bits per heavy atom. The van der Waals surface area contributed by atoms with Gasteiger partial charge in [0, 0.05) is 11.8 Å². The molecule has 1 aromatic carbocycles. The molecule has 0 spiro atoms. The number of nitriles is 1. The largest absolute Gasteiger partial charge is 0.494 e.